The Morgan fingerprint density at radius 2 is 1.71 bits per heavy atom. The summed E-state index contributed by atoms with van der Waals surface area (Å²) in [6, 6.07) is -0.692. The van der Waals surface area contributed by atoms with E-state index in [1.54, 1.807) is 0 Å². The number of aliphatic carboxylic acids is 1. The van der Waals surface area contributed by atoms with Crippen molar-refractivity contribution in [1.82, 2.24) is 10.6 Å². The number of rotatable bonds is 4. The molecule has 3 amide bonds. The quantitative estimate of drug-likeness (QED) is 0.673. The van der Waals surface area contributed by atoms with Crippen LogP contribution in [0.3, 0.4) is 0 Å². The smallest absolute Gasteiger partial charge is 0.331 e. The van der Waals surface area contributed by atoms with Crippen LogP contribution in [0.2, 0.25) is 0 Å². The molecule has 1 unspecified atom stereocenters. The summed E-state index contributed by atoms with van der Waals surface area (Å²) in [4.78, 5) is 34.3. The van der Waals surface area contributed by atoms with Crippen molar-refractivity contribution in [3.8, 4) is 0 Å². The molecular formula is C14H22N2O5. The van der Waals surface area contributed by atoms with Gasteiger partial charge in [-0.05, 0) is 39.5 Å². The maximum atomic E-state index is 11.8. The zero-order valence-corrected chi connectivity index (χ0v) is 12.6. The van der Waals surface area contributed by atoms with E-state index in [4.69, 9.17) is 9.84 Å². The molecule has 0 aromatic heterocycles. The van der Waals surface area contributed by atoms with Gasteiger partial charge in [0.1, 0.15) is 0 Å². The summed E-state index contributed by atoms with van der Waals surface area (Å²) in [6.45, 7) is 5.92. The Hall–Kier alpha value is -1.89. The minimum Gasteiger partial charge on any atom is -0.478 e. The molecule has 0 saturated carbocycles. The van der Waals surface area contributed by atoms with E-state index in [0.717, 1.165) is 12.8 Å². The third-order valence-electron chi connectivity index (χ3n) is 3.78. The fourth-order valence-corrected chi connectivity index (χ4v) is 2.10. The molecule has 1 fully saturated rings. The molecule has 1 rings (SSSR count). The summed E-state index contributed by atoms with van der Waals surface area (Å²) in [5, 5.41) is 13.7. The van der Waals surface area contributed by atoms with Gasteiger partial charge < -0.3 is 15.2 Å². The van der Waals surface area contributed by atoms with Crippen molar-refractivity contribution in [2.45, 2.75) is 39.7 Å². The fraction of sp³-hybridized carbons (Fsp3) is 0.643. The summed E-state index contributed by atoms with van der Waals surface area (Å²) in [5.74, 6) is -1.57. The molecule has 0 bridgehead atoms. The van der Waals surface area contributed by atoms with Gasteiger partial charge in [-0.15, -0.1) is 0 Å². The molecule has 1 saturated heterocycles. The van der Waals surface area contributed by atoms with Crippen molar-refractivity contribution in [3.63, 3.8) is 0 Å². The van der Waals surface area contributed by atoms with E-state index in [2.05, 4.69) is 10.6 Å². The van der Waals surface area contributed by atoms with Gasteiger partial charge in [0.15, 0.2) is 0 Å². The summed E-state index contributed by atoms with van der Waals surface area (Å²) >= 11 is 0. The molecule has 1 aliphatic rings. The van der Waals surface area contributed by atoms with Gasteiger partial charge in [-0.3, -0.25) is 10.1 Å². The first kappa shape index (κ1) is 17.2. The van der Waals surface area contributed by atoms with Crippen molar-refractivity contribution in [2.24, 2.45) is 5.92 Å². The topological polar surface area (TPSA) is 105 Å². The largest absolute Gasteiger partial charge is 0.478 e. The average molecular weight is 298 g/mol. The minimum absolute atomic E-state index is 0.0105. The van der Waals surface area contributed by atoms with Gasteiger partial charge >= 0.3 is 12.0 Å². The number of carbonyl (C=O) groups is 3. The maximum Gasteiger partial charge on any atom is 0.331 e. The number of imide groups is 1. The van der Waals surface area contributed by atoms with Crippen LogP contribution in [0.25, 0.3) is 0 Å². The Kier molecular flexibility index (Phi) is 6.36. The highest BCUT2D eigenvalue weighted by molar-refractivity contribution is 6.07. The van der Waals surface area contributed by atoms with Crippen LogP contribution in [0.1, 0.15) is 33.6 Å². The number of carboxylic acid groups (broad SMARTS) is 1. The average Bonchev–Trinajstić information content (AvgIpc) is 2.46. The van der Waals surface area contributed by atoms with Gasteiger partial charge in [0.2, 0.25) is 0 Å². The van der Waals surface area contributed by atoms with Crippen LogP contribution in [0.4, 0.5) is 4.79 Å². The molecule has 0 radical (unpaired) electrons. The summed E-state index contributed by atoms with van der Waals surface area (Å²) in [7, 11) is 0. The Morgan fingerprint density at radius 3 is 2.24 bits per heavy atom. The lowest BCUT2D eigenvalue weighted by Gasteiger charge is -2.28. The highest BCUT2D eigenvalue weighted by Crippen LogP contribution is 2.18. The van der Waals surface area contributed by atoms with Gasteiger partial charge in [0, 0.05) is 30.4 Å². The lowest BCUT2D eigenvalue weighted by molar-refractivity contribution is -0.133. The van der Waals surface area contributed by atoms with Crippen molar-refractivity contribution in [1.29, 1.82) is 0 Å². The van der Waals surface area contributed by atoms with Crippen LogP contribution in [0, 0.1) is 5.92 Å². The molecule has 0 aromatic rings. The molecule has 21 heavy (non-hydrogen) atoms. The Bertz CT molecular complexity index is 452. The first-order valence-corrected chi connectivity index (χ1v) is 6.93. The molecular weight excluding hydrogens is 276 g/mol. The zero-order valence-electron chi connectivity index (χ0n) is 12.6. The number of amides is 3. The van der Waals surface area contributed by atoms with Crippen LogP contribution >= 0.6 is 0 Å². The second-order valence-corrected chi connectivity index (χ2v) is 5.22. The van der Waals surface area contributed by atoms with Crippen molar-refractivity contribution < 1.29 is 24.2 Å². The number of carbonyl (C=O) groups excluding carboxylic acids is 2. The number of hydrogen-bond acceptors (Lipinski definition) is 4. The predicted octanol–water partition coefficient (Wildman–Crippen LogP) is 1.05. The standard InChI is InChI=1S/C14H22N2O5/c1-8(9(2)13(18)19)12(17)16-14(20)15-10(3)11-4-6-21-7-5-11/h10-11H,4-7H2,1-3H3,(H,18,19)(H2,15,16,17,20). The SMILES string of the molecule is CC(C(=O)O)=C(C)C(=O)NC(=O)NC(C)C1CCOCC1. The van der Waals surface area contributed by atoms with E-state index in [-0.39, 0.29) is 17.2 Å². The predicted molar refractivity (Wildman–Crippen MR) is 75.7 cm³/mol. The molecule has 0 spiro atoms. The number of ether oxygens (including phenoxy) is 1. The number of carboxylic acids is 1. The lowest BCUT2D eigenvalue weighted by Crippen LogP contribution is -2.47. The van der Waals surface area contributed by atoms with Crippen molar-refractivity contribution in [2.75, 3.05) is 13.2 Å². The Labute approximate surface area is 123 Å². The van der Waals surface area contributed by atoms with E-state index in [9.17, 15) is 14.4 Å². The van der Waals surface area contributed by atoms with E-state index in [1.165, 1.54) is 13.8 Å². The van der Waals surface area contributed by atoms with Gasteiger partial charge in [0.05, 0.1) is 0 Å². The molecule has 7 heteroatoms. The Morgan fingerprint density at radius 1 is 1.14 bits per heavy atom. The maximum absolute atomic E-state index is 11.8. The fourth-order valence-electron chi connectivity index (χ4n) is 2.10. The van der Waals surface area contributed by atoms with E-state index in [1.807, 2.05) is 6.92 Å². The molecule has 7 nitrogen and oxygen atoms in total. The highest BCUT2D eigenvalue weighted by atomic mass is 16.5. The second kappa shape index (κ2) is 7.78. The summed E-state index contributed by atoms with van der Waals surface area (Å²) in [5.41, 5.74) is -0.0749. The lowest BCUT2D eigenvalue weighted by atomic mass is 9.93. The summed E-state index contributed by atoms with van der Waals surface area (Å²) < 4.78 is 5.26. The molecule has 0 aliphatic carbocycles. The van der Waals surface area contributed by atoms with E-state index < -0.39 is 17.9 Å². The first-order valence-electron chi connectivity index (χ1n) is 6.93. The molecule has 118 valence electrons. The molecule has 3 N–H and O–H groups in total. The molecule has 1 atom stereocenters. The van der Waals surface area contributed by atoms with Crippen LogP contribution in [-0.4, -0.2) is 42.3 Å². The van der Waals surface area contributed by atoms with Crippen LogP contribution < -0.4 is 10.6 Å². The molecule has 0 aromatic carbocycles. The second-order valence-electron chi connectivity index (χ2n) is 5.22. The monoisotopic (exact) mass is 298 g/mol. The van der Waals surface area contributed by atoms with Gasteiger partial charge in [-0.25, -0.2) is 9.59 Å². The highest BCUT2D eigenvalue weighted by Gasteiger charge is 2.23. The van der Waals surface area contributed by atoms with Gasteiger partial charge in [-0.1, -0.05) is 0 Å². The molecule has 1 aliphatic heterocycles. The van der Waals surface area contributed by atoms with Crippen LogP contribution in [0.5, 0.6) is 0 Å². The third kappa shape index (κ3) is 5.18. The van der Waals surface area contributed by atoms with Crippen molar-refractivity contribution >= 4 is 17.9 Å². The third-order valence-corrected chi connectivity index (χ3v) is 3.78. The summed E-state index contributed by atoms with van der Waals surface area (Å²) in [6.07, 6.45) is 1.74. The number of hydrogen-bond donors (Lipinski definition) is 3. The number of urea groups is 1. The van der Waals surface area contributed by atoms with E-state index >= 15 is 0 Å². The first-order chi connectivity index (χ1) is 9.82. The minimum atomic E-state index is -1.18. The van der Waals surface area contributed by atoms with E-state index in [0.29, 0.717) is 19.1 Å². The van der Waals surface area contributed by atoms with Gasteiger partial charge in [0.25, 0.3) is 5.91 Å². The van der Waals surface area contributed by atoms with Crippen molar-refractivity contribution in [3.05, 3.63) is 11.1 Å². The van der Waals surface area contributed by atoms with Crippen LogP contribution in [0.15, 0.2) is 11.1 Å². The zero-order chi connectivity index (χ0) is 16.0. The van der Waals surface area contributed by atoms with Gasteiger partial charge in [-0.2, -0.15) is 0 Å². The Balaban J connectivity index is 2.51. The molecule has 1 heterocycles. The normalized spacial score (nSPS) is 18.4. The number of nitrogens with one attached hydrogen (secondary N) is 2. The van der Waals surface area contributed by atoms with Crippen LogP contribution in [-0.2, 0) is 14.3 Å².